The molecule has 1 amide bonds. The molecule has 0 spiro atoms. The zero-order valence-corrected chi connectivity index (χ0v) is 14.9. The average Bonchev–Trinajstić information content (AvgIpc) is 3.06. The minimum atomic E-state index is -0.115. The summed E-state index contributed by atoms with van der Waals surface area (Å²) < 4.78 is 5.52. The van der Waals surface area contributed by atoms with Gasteiger partial charge in [-0.3, -0.25) is 4.79 Å². The number of nitrogens with one attached hydrogen (secondary N) is 1. The minimum absolute atomic E-state index is 0.115. The number of amides is 1. The van der Waals surface area contributed by atoms with Crippen LogP contribution in [0.5, 0.6) is 5.75 Å². The van der Waals surface area contributed by atoms with Crippen LogP contribution >= 0.6 is 22.9 Å². The molecule has 0 bridgehead atoms. The van der Waals surface area contributed by atoms with Crippen LogP contribution in [-0.2, 0) is 4.79 Å². The van der Waals surface area contributed by atoms with E-state index in [1.165, 1.54) is 43.4 Å². The molecule has 2 aromatic rings. The lowest BCUT2D eigenvalue weighted by molar-refractivity contribution is -0.116. The third kappa shape index (κ3) is 4.92. The van der Waals surface area contributed by atoms with Crippen molar-refractivity contribution >= 4 is 34.0 Å². The van der Waals surface area contributed by atoms with Crippen molar-refractivity contribution in [3.05, 3.63) is 34.3 Å². The van der Waals surface area contributed by atoms with Gasteiger partial charge < -0.3 is 10.1 Å². The summed E-state index contributed by atoms with van der Waals surface area (Å²) in [5.41, 5.74) is 0. The normalized spacial score (nSPS) is 15.2. The minimum Gasteiger partial charge on any atom is -0.493 e. The fourth-order valence-electron chi connectivity index (χ4n) is 2.77. The van der Waals surface area contributed by atoms with Crippen LogP contribution in [-0.4, -0.2) is 22.7 Å². The third-order valence-electron chi connectivity index (χ3n) is 4.05. The van der Waals surface area contributed by atoms with Gasteiger partial charge in [-0.15, -0.1) is 10.2 Å². The largest absolute Gasteiger partial charge is 0.493 e. The molecule has 1 N–H and O–H groups in total. The van der Waals surface area contributed by atoms with Gasteiger partial charge in [0.05, 0.1) is 13.0 Å². The molecule has 7 heteroatoms. The molecule has 1 aromatic heterocycles. The van der Waals surface area contributed by atoms with E-state index in [4.69, 9.17) is 16.3 Å². The second kappa shape index (κ2) is 8.44. The van der Waals surface area contributed by atoms with Crippen LogP contribution < -0.4 is 10.1 Å². The van der Waals surface area contributed by atoms with E-state index >= 15 is 0 Å². The zero-order chi connectivity index (χ0) is 16.8. The van der Waals surface area contributed by atoms with Crippen LogP contribution in [0.15, 0.2) is 24.3 Å². The number of aromatic nitrogens is 2. The number of nitrogens with zero attached hydrogens (tertiary/aromatic N) is 2. The van der Waals surface area contributed by atoms with Gasteiger partial charge in [0.2, 0.25) is 11.0 Å². The smallest absolute Gasteiger partial charge is 0.229 e. The van der Waals surface area contributed by atoms with E-state index in [1.807, 2.05) is 0 Å². The van der Waals surface area contributed by atoms with Crippen LogP contribution in [0.1, 0.15) is 49.5 Å². The first kappa shape index (κ1) is 17.2. The highest BCUT2D eigenvalue weighted by atomic mass is 35.5. The van der Waals surface area contributed by atoms with E-state index in [-0.39, 0.29) is 12.3 Å². The first-order chi connectivity index (χ1) is 11.7. The molecule has 0 saturated heterocycles. The average molecular weight is 366 g/mol. The fraction of sp³-hybridized carbons (Fsp3) is 0.471. The van der Waals surface area contributed by atoms with Crippen molar-refractivity contribution in [2.45, 2.75) is 44.4 Å². The molecule has 1 aliphatic rings. The van der Waals surface area contributed by atoms with Gasteiger partial charge >= 0.3 is 0 Å². The van der Waals surface area contributed by atoms with Gasteiger partial charge in [0.25, 0.3) is 0 Å². The van der Waals surface area contributed by atoms with Crippen LogP contribution in [0.25, 0.3) is 0 Å². The molecule has 1 fully saturated rings. The predicted octanol–water partition coefficient (Wildman–Crippen LogP) is 4.65. The second-order valence-corrected chi connectivity index (χ2v) is 7.33. The molecular formula is C17H20ClN3O2S. The number of ether oxygens (including phenoxy) is 1. The Morgan fingerprint density at radius 3 is 2.71 bits per heavy atom. The molecule has 128 valence electrons. The molecule has 1 saturated carbocycles. The van der Waals surface area contributed by atoms with Crippen LogP contribution in [0, 0.1) is 0 Å². The van der Waals surface area contributed by atoms with Gasteiger partial charge in [0, 0.05) is 10.9 Å². The molecule has 24 heavy (non-hydrogen) atoms. The number of halogens is 1. The van der Waals surface area contributed by atoms with Gasteiger partial charge in [-0.25, -0.2) is 0 Å². The standard InChI is InChI=1S/C17H20ClN3O2S/c18-13-6-8-14(9-7-13)23-11-10-15(22)19-17-21-20-16(24-17)12-4-2-1-3-5-12/h6-9,12H,1-5,10-11H2,(H,19,21,22). The maximum Gasteiger partial charge on any atom is 0.229 e. The van der Waals surface area contributed by atoms with E-state index in [9.17, 15) is 4.79 Å². The number of carbonyl (C=O) groups excluding carboxylic acids is 1. The lowest BCUT2D eigenvalue weighted by atomic mass is 9.90. The number of rotatable bonds is 6. The van der Waals surface area contributed by atoms with Gasteiger partial charge in [-0.2, -0.15) is 0 Å². The van der Waals surface area contributed by atoms with Crippen molar-refractivity contribution in [2.75, 3.05) is 11.9 Å². The van der Waals surface area contributed by atoms with Crippen molar-refractivity contribution in [3.8, 4) is 5.75 Å². The maximum absolute atomic E-state index is 12.0. The SMILES string of the molecule is O=C(CCOc1ccc(Cl)cc1)Nc1nnc(C2CCCCC2)s1. The molecule has 1 aliphatic carbocycles. The molecule has 3 rings (SSSR count). The lowest BCUT2D eigenvalue weighted by Crippen LogP contribution is -2.15. The van der Waals surface area contributed by atoms with Crippen LogP contribution in [0.3, 0.4) is 0 Å². The van der Waals surface area contributed by atoms with E-state index in [2.05, 4.69) is 15.5 Å². The summed E-state index contributed by atoms with van der Waals surface area (Å²) in [6, 6.07) is 7.07. The van der Waals surface area contributed by atoms with Crippen LogP contribution in [0.2, 0.25) is 5.02 Å². The highest BCUT2D eigenvalue weighted by Crippen LogP contribution is 2.35. The molecule has 0 unspecified atom stereocenters. The van der Waals surface area contributed by atoms with E-state index in [0.717, 1.165) is 5.01 Å². The first-order valence-corrected chi connectivity index (χ1v) is 9.42. The Morgan fingerprint density at radius 2 is 1.96 bits per heavy atom. The molecular weight excluding hydrogens is 346 g/mol. The Morgan fingerprint density at radius 1 is 1.21 bits per heavy atom. The summed E-state index contributed by atoms with van der Waals surface area (Å²) in [5, 5.41) is 13.4. The highest BCUT2D eigenvalue weighted by molar-refractivity contribution is 7.15. The molecule has 1 aromatic carbocycles. The molecule has 0 aliphatic heterocycles. The first-order valence-electron chi connectivity index (χ1n) is 8.22. The monoisotopic (exact) mass is 365 g/mol. The summed E-state index contributed by atoms with van der Waals surface area (Å²) in [5.74, 6) is 1.09. The quantitative estimate of drug-likeness (QED) is 0.809. The predicted molar refractivity (Wildman–Crippen MR) is 95.9 cm³/mol. The van der Waals surface area contributed by atoms with Crippen molar-refractivity contribution in [1.82, 2.24) is 10.2 Å². The third-order valence-corrected chi connectivity index (χ3v) is 5.31. The second-order valence-electron chi connectivity index (χ2n) is 5.88. The van der Waals surface area contributed by atoms with Gasteiger partial charge in [0.15, 0.2) is 0 Å². The zero-order valence-electron chi connectivity index (χ0n) is 13.3. The number of carbonyl (C=O) groups is 1. The van der Waals surface area contributed by atoms with Crippen molar-refractivity contribution < 1.29 is 9.53 Å². The van der Waals surface area contributed by atoms with Gasteiger partial charge in [-0.1, -0.05) is 42.2 Å². The van der Waals surface area contributed by atoms with Crippen molar-refractivity contribution in [1.29, 1.82) is 0 Å². The Labute approximate surface area is 150 Å². The lowest BCUT2D eigenvalue weighted by Gasteiger charge is -2.18. The molecule has 5 nitrogen and oxygen atoms in total. The summed E-state index contributed by atoms with van der Waals surface area (Å²) >= 11 is 7.30. The van der Waals surface area contributed by atoms with Crippen LogP contribution in [0.4, 0.5) is 5.13 Å². The summed E-state index contributed by atoms with van der Waals surface area (Å²) in [4.78, 5) is 12.0. The maximum atomic E-state index is 12.0. The molecule has 0 atom stereocenters. The van der Waals surface area contributed by atoms with E-state index in [1.54, 1.807) is 24.3 Å². The summed E-state index contributed by atoms with van der Waals surface area (Å²) in [6.45, 7) is 0.307. The Balaban J connectivity index is 1.43. The van der Waals surface area contributed by atoms with Gasteiger partial charge in [-0.05, 0) is 37.1 Å². The number of anilines is 1. The highest BCUT2D eigenvalue weighted by Gasteiger charge is 2.20. The summed E-state index contributed by atoms with van der Waals surface area (Å²) in [7, 11) is 0. The van der Waals surface area contributed by atoms with E-state index < -0.39 is 0 Å². The van der Waals surface area contributed by atoms with E-state index in [0.29, 0.717) is 28.4 Å². The number of hydrogen-bond acceptors (Lipinski definition) is 5. The number of hydrogen-bond donors (Lipinski definition) is 1. The molecule has 1 heterocycles. The molecule has 0 radical (unpaired) electrons. The van der Waals surface area contributed by atoms with Gasteiger partial charge in [0.1, 0.15) is 10.8 Å². The fourth-order valence-corrected chi connectivity index (χ4v) is 3.83. The van der Waals surface area contributed by atoms with Crippen molar-refractivity contribution in [2.24, 2.45) is 0 Å². The Hall–Kier alpha value is -1.66. The Kier molecular flexibility index (Phi) is 6.04. The number of benzene rings is 1. The topological polar surface area (TPSA) is 64.1 Å². The summed E-state index contributed by atoms with van der Waals surface area (Å²) in [6.07, 6.45) is 6.45. The van der Waals surface area contributed by atoms with Crippen molar-refractivity contribution in [3.63, 3.8) is 0 Å². The Bertz CT molecular complexity index is 669.